The van der Waals surface area contributed by atoms with Gasteiger partial charge in [-0.15, -0.1) is 0 Å². The summed E-state index contributed by atoms with van der Waals surface area (Å²) >= 11 is 0. The molecule has 21 heavy (non-hydrogen) atoms. The summed E-state index contributed by atoms with van der Waals surface area (Å²) in [6.07, 6.45) is -3.14. The van der Waals surface area contributed by atoms with Gasteiger partial charge in [-0.25, -0.2) is 0 Å². The molecule has 0 aliphatic carbocycles. The Morgan fingerprint density at radius 1 is 1.33 bits per heavy atom. The Kier molecular flexibility index (Phi) is 4.36. The minimum atomic E-state index is -4.49. The van der Waals surface area contributed by atoms with E-state index < -0.39 is 24.1 Å². The molecule has 0 aromatic heterocycles. The SMILES string of the molecule is N#CCC(=O)Nc1ccc(N2CCCC2)c(C(F)(F)F)c1. The molecule has 112 valence electrons. The number of halogens is 3. The standard InChI is InChI=1S/C14H14F3N3O/c15-14(16,17)11-9-10(19-13(21)5-6-18)3-4-12(11)20-7-1-2-8-20/h3-4,9H,1-2,5,7-8H2,(H,19,21). The molecule has 0 bridgehead atoms. The summed E-state index contributed by atoms with van der Waals surface area (Å²) in [4.78, 5) is 13.0. The number of carbonyl (C=O) groups is 1. The first-order valence-electron chi connectivity index (χ1n) is 6.55. The monoisotopic (exact) mass is 297 g/mol. The normalized spacial score (nSPS) is 14.9. The summed E-state index contributed by atoms with van der Waals surface area (Å²) < 4.78 is 39.5. The van der Waals surface area contributed by atoms with Crippen molar-refractivity contribution in [2.75, 3.05) is 23.3 Å². The van der Waals surface area contributed by atoms with Crippen LogP contribution in [0.2, 0.25) is 0 Å². The fraction of sp³-hybridized carbons (Fsp3) is 0.429. The average molecular weight is 297 g/mol. The quantitative estimate of drug-likeness (QED) is 0.932. The third kappa shape index (κ3) is 3.66. The maximum absolute atomic E-state index is 13.2. The number of nitriles is 1. The molecule has 1 aliphatic rings. The zero-order valence-electron chi connectivity index (χ0n) is 11.2. The number of rotatable bonds is 3. The second-order valence-electron chi connectivity index (χ2n) is 4.81. The van der Waals surface area contributed by atoms with E-state index in [0.717, 1.165) is 18.9 Å². The van der Waals surface area contributed by atoms with Crippen LogP contribution in [0.3, 0.4) is 0 Å². The summed E-state index contributed by atoms with van der Waals surface area (Å²) in [6, 6.07) is 5.37. The largest absolute Gasteiger partial charge is 0.418 e. The lowest BCUT2D eigenvalue weighted by atomic mass is 10.1. The lowest BCUT2D eigenvalue weighted by Crippen LogP contribution is -2.22. The van der Waals surface area contributed by atoms with Crippen LogP contribution in [-0.4, -0.2) is 19.0 Å². The molecule has 1 heterocycles. The Balaban J connectivity index is 2.31. The zero-order valence-corrected chi connectivity index (χ0v) is 11.2. The average Bonchev–Trinajstić information content (AvgIpc) is 2.91. The van der Waals surface area contributed by atoms with Gasteiger partial charge in [0.05, 0.1) is 11.6 Å². The van der Waals surface area contributed by atoms with Gasteiger partial charge in [0.2, 0.25) is 5.91 Å². The highest BCUT2D eigenvalue weighted by Crippen LogP contribution is 2.39. The molecular formula is C14H14F3N3O. The first kappa shape index (κ1) is 15.2. The molecule has 1 saturated heterocycles. The number of nitrogens with zero attached hydrogens (tertiary/aromatic N) is 2. The van der Waals surface area contributed by atoms with Gasteiger partial charge >= 0.3 is 6.18 Å². The summed E-state index contributed by atoms with van der Waals surface area (Å²) in [6.45, 7) is 1.20. The molecule has 1 aliphatic heterocycles. The van der Waals surface area contributed by atoms with Crippen LogP contribution in [0.15, 0.2) is 18.2 Å². The van der Waals surface area contributed by atoms with Gasteiger partial charge in [-0.1, -0.05) is 0 Å². The van der Waals surface area contributed by atoms with Crippen molar-refractivity contribution in [3.05, 3.63) is 23.8 Å². The molecule has 0 saturated carbocycles. The number of benzene rings is 1. The van der Waals surface area contributed by atoms with Gasteiger partial charge in [0.15, 0.2) is 0 Å². The van der Waals surface area contributed by atoms with Crippen molar-refractivity contribution < 1.29 is 18.0 Å². The number of hydrogen-bond donors (Lipinski definition) is 1. The van der Waals surface area contributed by atoms with Crippen molar-refractivity contribution in [2.45, 2.75) is 25.4 Å². The molecule has 0 spiro atoms. The van der Waals surface area contributed by atoms with E-state index >= 15 is 0 Å². The lowest BCUT2D eigenvalue weighted by Gasteiger charge is -2.23. The van der Waals surface area contributed by atoms with Crippen molar-refractivity contribution in [3.63, 3.8) is 0 Å². The van der Waals surface area contributed by atoms with Gasteiger partial charge < -0.3 is 10.2 Å². The molecule has 0 atom stereocenters. The molecule has 1 amide bonds. The fourth-order valence-corrected chi connectivity index (χ4v) is 2.35. The second-order valence-corrected chi connectivity index (χ2v) is 4.81. The van der Waals surface area contributed by atoms with Gasteiger partial charge in [-0.3, -0.25) is 4.79 Å². The number of carbonyl (C=O) groups excluding carboxylic acids is 1. The van der Waals surface area contributed by atoms with Gasteiger partial charge in [0, 0.05) is 24.5 Å². The van der Waals surface area contributed by atoms with E-state index in [1.54, 1.807) is 11.0 Å². The number of amides is 1. The van der Waals surface area contributed by atoms with Crippen molar-refractivity contribution in [3.8, 4) is 6.07 Å². The predicted molar refractivity (Wildman–Crippen MR) is 71.8 cm³/mol. The van der Waals surface area contributed by atoms with Crippen molar-refractivity contribution in [1.29, 1.82) is 5.26 Å². The van der Waals surface area contributed by atoms with E-state index in [1.807, 2.05) is 0 Å². The first-order valence-corrected chi connectivity index (χ1v) is 6.55. The van der Waals surface area contributed by atoms with Crippen LogP contribution < -0.4 is 10.2 Å². The van der Waals surface area contributed by atoms with Crippen molar-refractivity contribution >= 4 is 17.3 Å². The maximum atomic E-state index is 13.2. The van der Waals surface area contributed by atoms with E-state index in [-0.39, 0.29) is 11.4 Å². The smallest absolute Gasteiger partial charge is 0.371 e. The number of hydrogen-bond acceptors (Lipinski definition) is 3. The van der Waals surface area contributed by atoms with Crippen LogP contribution in [0.25, 0.3) is 0 Å². The third-order valence-electron chi connectivity index (χ3n) is 3.27. The van der Waals surface area contributed by atoms with Crippen LogP contribution in [0.1, 0.15) is 24.8 Å². The van der Waals surface area contributed by atoms with E-state index in [4.69, 9.17) is 5.26 Å². The summed E-state index contributed by atoms with van der Waals surface area (Å²) in [7, 11) is 0. The van der Waals surface area contributed by atoms with Gasteiger partial charge in [-0.2, -0.15) is 18.4 Å². The summed E-state index contributed by atoms with van der Waals surface area (Å²) in [5.41, 5.74) is -0.581. The minimum Gasteiger partial charge on any atom is -0.371 e. The Hall–Kier alpha value is -2.23. The topological polar surface area (TPSA) is 56.1 Å². The number of alkyl halides is 3. The van der Waals surface area contributed by atoms with Gasteiger partial charge in [-0.05, 0) is 31.0 Å². The molecule has 7 heteroatoms. The van der Waals surface area contributed by atoms with Crippen LogP contribution in [0, 0.1) is 11.3 Å². The number of anilines is 2. The summed E-state index contributed by atoms with van der Waals surface area (Å²) in [5.74, 6) is -0.625. The minimum absolute atomic E-state index is 0.0468. The Bertz CT molecular complexity index is 572. The highest BCUT2D eigenvalue weighted by Gasteiger charge is 2.35. The summed E-state index contributed by atoms with van der Waals surface area (Å²) in [5, 5.41) is 10.7. The van der Waals surface area contributed by atoms with Crippen LogP contribution in [0.4, 0.5) is 24.5 Å². The third-order valence-corrected chi connectivity index (χ3v) is 3.27. The lowest BCUT2D eigenvalue weighted by molar-refractivity contribution is -0.137. The predicted octanol–water partition coefficient (Wildman–Crippen LogP) is 3.16. The number of nitrogens with one attached hydrogen (secondary N) is 1. The van der Waals surface area contributed by atoms with Gasteiger partial charge in [0.25, 0.3) is 0 Å². The molecule has 0 unspecified atom stereocenters. The Morgan fingerprint density at radius 3 is 2.57 bits per heavy atom. The highest BCUT2D eigenvalue weighted by atomic mass is 19.4. The molecule has 2 rings (SSSR count). The molecule has 4 nitrogen and oxygen atoms in total. The van der Waals surface area contributed by atoms with Crippen molar-refractivity contribution in [1.82, 2.24) is 0 Å². The Labute approximate surface area is 120 Å². The molecule has 1 fully saturated rings. The van der Waals surface area contributed by atoms with Crippen LogP contribution >= 0.6 is 0 Å². The highest BCUT2D eigenvalue weighted by molar-refractivity contribution is 5.92. The maximum Gasteiger partial charge on any atom is 0.418 e. The molecule has 1 aromatic carbocycles. The van der Waals surface area contributed by atoms with Crippen molar-refractivity contribution in [2.24, 2.45) is 0 Å². The second kappa shape index (κ2) is 6.04. The van der Waals surface area contributed by atoms with E-state index in [9.17, 15) is 18.0 Å². The van der Waals surface area contributed by atoms with Gasteiger partial charge in [0.1, 0.15) is 6.42 Å². The zero-order chi connectivity index (χ0) is 15.5. The molecule has 1 N–H and O–H groups in total. The van der Waals surface area contributed by atoms with E-state index in [1.165, 1.54) is 12.1 Å². The Morgan fingerprint density at radius 2 is 2.00 bits per heavy atom. The molecule has 0 radical (unpaired) electrons. The molecule has 1 aromatic rings. The first-order chi connectivity index (χ1) is 9.91. The molecular weight excluding hydrogens is 283 g/mol. The van der Waals surface area contributed by atoms with E-state index in [0.29, 0.717) is 13.1 Å². The van der Waals surface area contributed by atoms with Crippen LogP contribution in [-0.2, 0) is 11.0 Å². The van der Waals surface area contributed by atoms with E-state index in [2.05, 4.69) is 5.32 Å². The van der Waals surface area contributed by atoms with Crippen LogP contribution in [0.5, 0.6) is 0 Å². The fourth-order valence-electron chi connectivity index (χ4n) is 2.35.